The van der Waals surface area contributed by atoms with Crippen LogP contribution in [0.2, 0.25) is 0 Å². The van der Waals surface area contributed by atoms with E-state index < -0.39 is 22.4 Å². The van der Waals surface area contributed by atoms with Gasteiger partial charge in [0.25, 0.3) is 5.24 Å². The second-order valence-electron chi connectivity index (χ2n) is 2.13. The van der Waals surface area contributed by atoms with Gasteiger partial charge in [-0.25, -0.2) is 8.78 Å². The van der Waals surface area contributed by atoms with Crippen LogP contribution in [-0.4, -0.2) is 5.24 Å². The highest BCUT2D eigenvalue weighted by Gasteiger charge is 2.15. The molecule has 0 unspecified atom stereocenters. The second kappa shape index (κ2) is 3.06. The van der Waals surface area contributed by atoms with Gasteiger partial charge in [0.2, 0.25) is 0 Å². The summed E-state index contributed by atoms with van der Waals surface area (Å²) in [5, 5.41) is -1.18. The maximum absolute atomic E-state index is 12.7. The van der Waals surface area contributed by atoms with Crippen LogP contribution < -0.4 is 5.73 Å². The maximum Gasteiger partial charge on any atom is 0.258 e. The monoisotopic (exact) mass is 191 g/mol. The van der Waals surface area contributed by atoms with Crippen LogP contribution in [0, 0.1) is 11.6 Å². The molecule has 0 saturated heterocycles. The molecular weight excluding hydrogens is 188 g/mol. The Hall–Kier alpha value is -1.16. The Labute approximate surface area is 71.9 Å². The normalized spacial score (nSPS) is 9.92. The van der Waals surface area contributed by atoms with Crippen LogP contribution in [0.1, 0.15) is 10.4 Å². The molecule has 0 saturated carbocycles. The van der Waals surface area contributed by atoms with Gasteiger partial charge in [-0.15, -0.1) is 0 Å². The molecule has 0 aromatic heterocycles. The molecule has 0 radical (unpaired) electrons. The Bertz CT molecular complexity index is 317. The molecule has 0 atom stereocenters. The summed E-state index contributed by atoms with van der Waals surface area (Å²) in [5.41, 5.74) is 4.23. The molecule has 64 valence electrons. The Morgan fingerprint density at radius 1 is 1.33 bits per heavy atom. The molecule has 0 spiro atoms. The molecular formula is C7H4ClF2NO. The van der Waals surface area contributed by atoms with Crippen molar-refractivity contribution in [3.63, 3.8) is 0 Å². The van der Waals surface area contributed by atoms with Gasteiger partial charge < -0.3 is 5.73 Å². The van der Waals surface area contributed by atoms with E-state index in [2.05, 4.69) is 0 Å². The SMILES string of the molecule is Nc1cc(F)c(C(=O)Cl)c(F)c1. The molecule has 0 fully saturated rings. The van der Waals surface area contributed by atoms with Crippen molar-refractivity contribution >= 4 is 22.5 Å². The van der Waals surface area contributed by atoms with Crippen molar-refractivity contribution in [1.82, 2.24) is 0 Å². The van der Waals surface area contributed by atoms with E-state index in [1.54, 1.807) is 0 Å². The fourth-order valence-electron chi connectivity index (χ4n) is 0.781. The molecule has 0 aliphatic carbocycles. The smallest absolute Gasteiger partial charge is 0.258 e. The van der Waals surface area contributed by atoms with Gasteiger partial charge in [-0.05, 0) is 23.7 Å². The van der Waals surface area contributed by atoms with E-state index in [0.29, 0.717) is 0 Å². The van der Waals surface area contributed by atoms with Gasteiger partial charge in [-0.3, -0.25) is 4.79 Å². The number of benzene rings is 1. The third-order valence-corrected chi connectivity index (χ3v) is 1.45. The number of hydrogen-bond acceptors (Lipinski definition) is 2. The summed E-state index contributed by atoms with van der Waals surface area (Å²) in [6, 6.07) is 1.66. The van der Waals surface area contributed by atoms with Gasteiger partial charge in [-0.2, -0.15) is 0 Å². The van der Waals surface area contributed by atoms with E-state index in [1.165, 1.54) is 0 Å². The van der Waals surface area contributed by atoms with Gasteiger partial charge in [-0.1, -0.05) is 0 Å². The van der Waals surface area contributed by atoms with E-state index in [4.69, 9.17) is 17.3 Å². The number of anilines is 1. The number of carbonyl (C=O) groups excluding carboxylic acids is 1. The van der Waals surface area contributed by atoms with Crippen LogP contribution in [0.3, 0.4) is 0 Å². The summed E-state index contributed by atoms with van der Waals surface area (Å²) >= 11 is 4.91. The number of hydrogen-bond donors (Lipinski definition) is 1. The molecule has 0 aliphatic heterocycles. The summed E-state index contributed by atoms with van der Waals surface area (Å²) in [7, 11) is 0. The fourth-order valence-corrected chi connectivity index (χ4v) is 0.961. The lowest BCUT2D eigenvalue weighted by atomic mass is 10.2. The largest absolute Gasteiger partial charge is 0.399 e. The molecule has 1 aromatic carbocycles. The zero-order valence-electron chi connectivity index (χ0n) is 5.77. The quantitative estimate of drug-likeness (QED) is 0.545. The van der Waals surface area contributed by atoms with Crippen LogP contribution in [0.4, 0.5) is 14.5 Å². The summed E-state index contributed by atoms with van der Waals surface area (Å²) in [6.45, 7) is 0. The standard InChI is InChI=1S/C7H4ClF2NO/c8-7(12)6-4(9)1-3(11)2-5(6)10/h1-2H,11H2. The molecule has 12 heavy (non-hydrogen) atoms. The van der Waals surface area contributed by atoms with Gasteiger partial charge in [0.05, 0.1) is 0 Å². The summed E-state index contributed by atoms with van der Waals surface area (Å²) < 4.78 is 25.5. The van der Waals surface area contributed by atoms with E-state index in [-0.39, 0.29) is 5.69 Å². The van der Waals surface area contributed by atoms with Crippen molar-refractivity contribution in [3.8, 4) is 0 Å². The summed E-state index contributed by atoms with van der Waals surface area (Å²) in [6.07, 6.45) is 0. The van der Waals surface area contributed by atoms with Crippen LogP contribution in [0.25, 0.3) is 0 Å². The molecule has 0 amide bonds. The first-order valence-electron chi connectivity index (χ1n) is 2.96. The average Bonchev–Trinajstić information content (AvgIpc) is 1.82. The molecule has 2 nitrogen and oxygen atoms in total. The Kier molecular flexibility index (Phi) is 2.28. The van der Waals surface area contributed by atoms with Crippen molar-refractivity contribution < 1.29 is 13.6 Å². The zero-order valence-corrected chi connectivity index (χ0v) is 6.53. The number of halogens is 3. The fraction of sp³-hybridized carbons (Fsp3) is 0. The average molecular weight is 192 g/mol. The molecule has 0 heterocycles. The van der Waals surface area contributed by atoms with Gasteiger partial charge in [0, 0.05) is 5.69 Å². The Morgan fingerprint density at radius 3 is 2.08 bits per heavy atom. The van der Waals surface area contributed by atoms with Crippen LogP contribution in [-0.2, 0) is 0 Å². The predicted octanol–water partition coefficient (Wildman–Crippen LogP) is 1.93. The highest BCUT2D eigenvalue weighted by atomic mass is 35.5. The lowest BCUT2D eigenvalue weighted by Gasteiger charge is -2.00. The second-order valence-corrected chi connectivity index (χ2v) is 2.48. The Morgan fingerprint density at radius 2 is 1.75 bits per heavy atom. The molecule has 0 aliphatic rings. The van der Waals surface area contributed by atoms with Crippen molar-refractivity contribution in [2.45, 2.75) is 0 Å². The highest BCUT2D eigenvalue weighted by Crippen LogP contribution is 2.18. The van der Waals surface area contributed by atoms with Gasteiger partial charge >= 0.3 is 0 Å². The van der Waals surface area contributed by atoms with Gasteiger partial charge in [0.15, 0.2) is 0 Å². The van der Waals surface area contributed by atoms with Gasteiger partial charge in [0.1, 0.15) is 17.2 Å². The predicted molar refractivity (Wildman–Crippen MR) is 41.0 cm³/mol. The third-order valence-electron chi connectivity index (χ3n) is 1.26. The van der Waals surface area contributed by atoms with E-state index in [9.17, 15) is 13.6 Å². The molecule has 5 heteroatoms. The number of carbonyl (C=O) groups is 1. The number of nitrogen functional groups attached to an aromatic ring is 1. The van der Waals surface area contributed by atoms with Crippen molar-refractivity contribution in [1.29, 1.82) is 0 Å². The first-order valence-corrected chi connectivity index (χ1v) is 3.34. The molecule has 2 N–H and O–H groups in total. The summed E-state index contributed by atoms with van der Waals surface area (Å²) in [4.78, 5) is 10.4. The first kappa shape index (κ1) is 8.93. The lowest BCUT2D eigenvalue weighted by Crippen LogP contribution is -2.01. The highest BCUT2D eigenvalue weighted by molar-refractivity contribution is 6.67. The van der Waals surface area contributed by atoms with E-state index in [0.717, 1.165) is 12.1 Å². The van der Waals surface area contributed by atoms with Crippen molar-refractivity contribution in [2.75, 3.05) is 5.73 Å². The van der Waals surface area contributed by atoms with Crippen LogP contribution in [0.5, 0.6) is 0 Å². The maximum atomic E-state index is 12.7. The number of rotatable bonds is 1. The third kappa shape index (κ3) is 1.53. The van der Waals surface area contributed by atoms with Crippen LogP contribution >= 0.6 is 11.6 Å². The minimum absolute atomic E-state index is 0.0910. The number of nitrogens with two attached hydrogens (primary N) is 1. The van der Waals surface area contributed by atoms with E-state index in [1.807, 2.05) is 0 Å². The van der Waals surface area contributed by atoms with Crippen molar-refractivity contribution in [3.05, 3.63) is 29.3 Å². The lowest BCUT2D eigenvalue weighted by molar-refractivity contribution is 0.107. The van der Waals surface area contributed by atoms with Crippen LogP contribution in [0.15, 0.2) is 12.1 Å². The zero-order chi connectivity index (χ0) is 9.30. The Balaban J connectivity index is 3.38. The molecule has 1 aromatic rings. The topological polar surface area (TPSA) is 43.1 Å². The first-order chi connectivity index (χ1) is 5.52. The summed E-state index contributed by atoms with van der Waals surface area (Å²) in [5.74, 6) is -2.10. The van der Waals surface area contributed by atoms with Crippen molar-refractivity contribution in [2.24, 2.45) is 0 Å². The molecule has 1 rings (SSSR count). The minimum Gasteiger partial charge on any atom is -0.399 e. The minimum atomic E-state index is -1.18. The molecule has 0 bridgehead atoms. The van der Waals surface area contributed by atoms with E-state index >= 15 is 0 Å².